The molecule has 25 heavy (non-hydrogen) atoms. The van der Waals surface area contributed by atoms with Gasteiger partial charge in [-0.15, -0.1) is 0 Å². The van der Waals surface area contributed by atoms with Crippen LogP contribution >= 0.6 is 0 Å². The summed E-state index contributed by atoms with van der Waals surface area (Å²) in [6, 6.07) is 1.66. The summed E-state index contributed by atoms with van der Waals surface area (Å²) >= 11 is 0. The maximum absolute atomic E-state index is 12.9. The van der Waals surface area contributed by atoms with E-state index < -0.39 is 0 Å². The van der Waals surface area contributed by atoms with Gasteiger partial charge in [0.1, 0.15) is 11.9 Å². The number of carbonyl (C=O) groups is 2. The van der Waals surface area contributed by atoms with E-state index in [2.05, 4.69) is 9.97 Å². The highest BCUT2D eigenvalue weighted by atomic mass is 16.2. The Labute approximate surface area is 149 Å². The number of hydrogen-bond acceptors (Lipinski definition) is 4. The summed E-state index contributed by atoms with van der Waals surface area (Å²) in [4.78, 5) is 37.8. The number of aryl methyl sites for hydroxylation is 1. The topological polar surface area (TPSA) is 66.4 Å². The van der Waals surface area contributed by atoms with Crippen LogP contribution in [0.5, 0.6) is 0 Å². The number of likely N-dealkylation sites (tertiary alicyclic amines) is 2. The van der Waals surface area contributed by atoms with Gasteiger partial charge in [0.2, 0.25) is 11.8 Å². The fourth-order valence-electron chi connectivity index (χ4n) is 3.91. The van der Waals surface area contributed by atoms with E-state index in [-0.39, 0.29) is 17.9 Å². The van der Waals surface area contributed by atoms with Crippen molar-refractivity contribution < 1.29 is 9.59 Å². The lowest BCUT2D eigenvalue weighted by Gasteiger charge is -2.35. The molecule has 0 spiro atoms. The van der Waals surface area contributed by atoms with Crippen molar-refractivity contribution in [3.05, 3.63) is 23.8 Å². The van der Waals surface area contributed by atoms with Crippen LogP contribution in [0.25, 0.3) is 0 Å². The molecule has 1 unspecified atom stereocenters. The maximum Gasteiger partial charge on any atom is 0.245 e. The van der Waals surface area contributed by atoms with E-state index in [1.165, 1.54) is 0 Å². The first kappa shape index (κ1) is 17.8. The van der Waals surface area contributed by atoms with Crippen LogP contribution in [0.1, 0.15) is 62.9 Å². The van der Waals surface area contributed by atoms with Crippen LogP contribution in [-0.4, -0.2) is 57.3 Å². The number of carbonyl (C=O) groups excluding carboxylic acids is 2. The minimum atomic E-state index is -0.245. The minimum absolute atomic E-state index is 0.126. The molecule has 3 rings (SSSR count). The van der Waals surface area contributed by atoms with Gasteiger partial charge < -0.3 is 9.80 Å². The highest BCUT2D eigenvalue weighted by Gasteiger charge is 2.37. The molecule has 0 saturated carbocycles. The Bertz CT molecular complexity index is 626. The summed E-state index contributed by atoms with van der Waals surface area (Å²) in [5.41, 5.74) is 0.986. The maximum atomic E-state index is 12.9. The Morgan fingerprint density at radius 3 is 2.64 bits per heavy atom. The Morgan fingerprint density at radius 2 is 1.96 bits per heavy atom. The van der Waals surface area contributed by atoms with Crippen LogP contribution < -0.4 is 0 Å². The van der Waals surface area contributed by atoms with Gasteiger partial charge in [0.25, 0.3) is 0 Å². The van der Waals surface area contributed by atoms with Gasteiger partial charge in [-0.1, -0.05) is 6.92 Å². The third-order valence-electron chi connectivity index (χ3n) is 5.31. The van der Waals surface area contributed by atoms with E-state index in [0.29, 0.717) is 12.3 Å². The van der Waals surface area contributed by atoms with E-state index in [1.54, 1.807) is 0 Å². The standard InChI is InChI=1S/C19H28N4O2/c1-3-5-17(24)23-11-4-6-16(23)19(25)22-12-8-15(9-13-22)18-20-10-7-14(2)21-18/h7,10,15-16H,3-6,8-9,11-13H2,1-2H3. The van der Waals surface area contributed by atoms with Crippen molar-refractivity contribution in [2.75, 3.05) is 19.6 Å². The van der Waals surface area contributed by atoms with Crippen molar-refractivity contribution in [1.29, 1.82) is 0 Å². The summed E-state index contributed by atoms with van der Waals surface area (Å²) in [5.74, 6) is 1.48. The molecule has 0 N–H and O–H groups in total. The Balaban J connectivity index is 1.58. The highest BCUT2D eigenvalue weighted by molar-refractivity contribution is 5.88. The van der Waals surface area contributed by atoms with Crippen molar-refractivity contribution in [2.24, 2.45) is 0 Å². The molecule has 2 fully saturated rings. The smallest absolute Gasteiger partial charge is 0.245 e. The Hall–Kier alpha value is -1.98. The normalized spacial score (nSPS) is 21.6. The van der Waals surface area contributed by atoms with Gasteiger partial charge >= 0.3 is 0 Å². The van der Waals surface area contributed by atoms with Gasteiger partial charge in [0.15, 0.2) is 0 Å². The van der Waals surface area contributed by atoms with Crippen LogP contribution in [0.15, 0.2) is 12.3 Å². The predicted molar refractivity (Wildman–Crippen MR) is 95.0 cm³/mol. The van der Waals surface area contributed by atoms with Crippen molar-refractivity contribution in [3.8, 4) is 0 Å². The fourth-order valence-corrected chi connectivity index (χ4v) is 3.91. The van der Waals surface area contributed by atoms with Gasteiger partial charge in [0.05, 0.1) is 0 Å². The molecule has 0 aromatic carbocycles. The van der Waals surface area contributed by atoms with Crippen molar-refractivity contribution in [2.45, 2.75) is 64.3 Å². The zero-order valence-electron chi connectivity index (χ0n) is 15.3. The van der Waals surface area contributed by atoms with Crippen molar-refractivity contribution in [3.63, 3.8) is 0 Å². The number of aromatic nitrogens is 2. The quantitative estimate of drug-likeness (QED) is 0.840. The Kier molecular flexibility index (Phi) is 5.66. The summed E-state index contributed by atoms with van der Waals surface area (Å²) in [5, 5.41) is 0. The Morgan fingerprint density at radius 1 is 1.20 bits per heavy atom. The molecule has 136 valence electrons. The van der Waals surface area contributed by atoms with Gasteiger partial charge in [-0.25, -0.2) is 9.97 Å². The zero-order chi connectivity index (χ0) is 17.8. The van der Waals surface area contributed by atoms with E-state index >= 15 is 0 Å². The van der Waals surface area contributed by atoms with Gasteiger partial charge in [0, 0.05) is 43.9 Å². The summed E-state index contributed by atoms with van der Waals surface area (Å²) in [6.07, 6.45) is 6.70. The van der Waals surface area contributed by atoms with Crippen LogP contribution in [0, 0.1) is 6.92 Å². The molecule has 0 radical (unpaired) electrons. The van der Waals surface area contributed by atoms with E-state index in [1.807, 2.05) is 35.9 Å². The highest BCUT2D eigenvalue weighted by Crippen LogP contribution is 2.28. The monoisotopic (exact) mass is 344 g/mol. The molecule has 2 amide bonds. The predicted octanol–water partition coefficient (Wildman–Crippen LogP) is 2.28. The molecule has 1 aromatic heterocycles. The average Bonchev–Trinajstić information content (AvgIpc) is 3.11. The lowest BCUT2D eigenvalue weighted by molar-refractivity contribution is -0.144. The first-order valence-corrected chi connectivity index (χ1v) is 9.48. The molecular formula is C19H28N4O2. The summed E-state index contributed by atoms with van der Waals surface area (Å²) < 4.78 is 0. The first-order chi connectivity index (χ1) is 12.1. The van der Waals surface area contributed by atoms with Gasteiger partial charge in [-0.3, -0.25) is 9.59 Å². The lowest BCUT2D eigenvalue weighted by Crippen LogP contribution is -2.49. The molecular weight excluding hydrogens is 316 g/mol. The van der Waals surface area contributed by atoms with E-state index in [4.69, 9.17) is 0 Å². The average molecular weight is 344 g/mol. The molecule has 2 aliphatic rings. The number of amides is 2. The third-order valence-corrected chi connectivity index (χ3v) is 5.31. The van der Waals surface area contributed by atoms with Crippen LogP contribution in [0.2, 0.25) is 0 Å². The fraction of sp³-hybridized carbons (Fsp3) is 0.684. The molecule has 2 saturated heterocycles. The molecule has 2 aliphatic heterocycles. The van der Waals surface area contributed by atoms with Crippen molar-refractivity contribution >= 4 is 11.8 Å². The number of nitrogens with zero attached hydrogens (tertiary/aromatic N) is 4. The van der Waals surface area contributed by atoms with Crippen LogP contribution in [0.3, 0.4) is 0 Å². The second-order valence-corrected chi connectivity index (χ2v) is 7.15. The van der Waals surface area contributed by atoms with Crippen molar-refractivity contribution in [1.82, 2.24) is 19.8 Å². The second kappa shape index (κ2) is 7.93. The summed E-state index contributed by atoms with van der Waals surface area (Å²) in [7, 11) is 0. The van der Waals surface area contributed by atoms with Gasteiger partial charge in [-0.05, 0) is 45.1 Å². The molecule has 0 bridgehead atoms. The van der Waals surface area contributed by atoms with Crippen LogP contribution in [-0.2, 0) is 9.59 Å². The minimum Gasteiger partial charge on any atom is -0.341 e. The SMILES string of the molecule is CCCC(=O)N1CCCC1C(=O)N1CCC(c2nccc(C)n2)CC1. The molecule has 1 aromatic rings. The molecule has 1 atom stereocenters. The van der Waals surface area contributed by atoms with Crippen LogP contribution in [0.4, 0.5) is 0 Å². The van der Waals surface area contributed by atoms with E-state index in [9.17, 15) is 9.59 Å². The second-order valence-electron chi connectivity index (χ2n) is 7.15. The molecule has 6 nitrogen and oxygen atoms in total. The number of rotatable bonds is 4. The van der Waals surface area contributed by atoms with E-state index in [0.717, 1.165) is 63.3 Å². The lowest BCUT2D eigenvalue weighted by atomic mass is 9.95. The molecule has 0 aliphatic carbocycles. The van der Waals surface area contributed by atoms with Gasteiger partial charge in [-0.2, -0.15) is 0 Å². The molecule has 6 heteroatoms. The zero-order valence-corrected chi connectivity index (χ0v) is 15.3. The number of hydrogen-bond donors (Lipinski definition) is 0. The number of piperidine rings is 1. The first-order valence-electron chi connectivity index (χ1n) is 9.48. The third kappa shape index (κ3) is 3.99. The molecule has 3 heterocycles. The largest absolute Gasteiger partial charge is 0.341 e. The summed E-state index contributed by atoms with van der Waals surface area (Å²) in [6.45, 7) is 6.16.